The van der Waals surface area contributed by atoms with E-state index in [0.717, 1.165) is 60.8 Å². The number of ether oxygens (including phenoxy) is 4. The molecule has 8 nitrogen and oxygen atoms in total. The van der Waals surface area contributed by atoms with Crippen LogP contribution in [0.2, 0.25) is 0 Å². The molecule has 0 unspecified atom stereocenters. The number of unbranched alkanes of at least 4 members (excludes halogenated alkanes) is 13. The number of esters is 4. The summed E-state index contributed by atoms with van der Waals surface area (Å²) in [5.74, 6) is 0.272. The van der Waals surface area contributed by atoms with Gasteiger partial charge in [0.2, 0.25) is 0 Å². The first-order valence-corrected chi connectivity index (χ1v) is 22.8. The fraction of sp³-hybridized carbons (Fsp3) is 0.286. The summed E-state index contributed by atoms with van der Waals surface area (Å²) in [4.78, 5) is 50.0. The molecular formula is C56H58O8. The average Bonchev–Trinajstić information content (AvgIpc) is 3.33. The minimum Gasteiger partial charge on any atom is -0.427 e. The summed E-state index contributed by atoms with van der Waals surface area (Å²) in [6.45, 7) is 0. The van der Waals surface area contributed by atoms with Crippen LogP contribution in [0.4, 0.5) is 0 Å². The van der Waals surface area contributed by atoms with Crippen molar-refractivity contribution < 1.29 is 38.1 Å². The summed E-state index contributed by atoms with van der Waals surface area (Å²) in [5.41, 5.74) is 5.02. The lowest BCUT2D eigenvalue weighted by Crippen LogP contribution is -2.10. The Balaban J connectivity index is 0.707. The number of carbonyl (C=O) groups excluding carboxylic acids is 4. The van der Waals surface area contributed by atoms with Crippen LogP contribution in [0.5, 0.6) is 23.0 Å². The molecule has 0 N–H and O–H groups in total. The highest BCUT2D eigenvalue weighted by Crippen LogP contribution is 2.25. The molecule has 6 aromatic rings. The maximum absolute atomic E-state index is 12.6. The molecule has 330 valence electrons. The SMILES string of the molecule is O=C(CCCCCCCCCCCCCCCCC(=O)Oc1ccc(C(=O)Oc2ccc(-c3ccccc3)cc2)cc1)Oc1ccc(C(=O)Oc2ccc(-c3ccccc3)cc2)cc1. The quantitative estimate of drug-likeness (QED) is 0.0318. The molecule has 0 atom stereocenters. The zero-order valence-corrected chi connectivity index (χ0v) is 36.6. The van der Waals surface area contributed by atoms with Crippen molar-refractivity contribution in [3.05, 3.63) is 169 Å². The van der Waals surface area contributed by atoms with Crippen molar-refractivity contribution in [3.8, 4) is 45.3 Å². The second kappa shape index (κ2) is 26.0. The van der Waals surface area contributed by atoms with Crippen molar-refractivity contribution in [1.29, 1.82) is 0 Å². The van der Waals surface area contributed by atoms with Gasteiger partial charge in [0.25, 0.3) is 0 Å². The van der Waals surface area contributed by atoms with Crippen molar-refractivity contribution in [2.45, 2.75) is 103 Å². The highest BCUT2D eigenvalue weighted by atomic mass is 16.5. The molecule has 0 amide bonds. The van der Waals surface area contributed by atoms with E-state index in [1.54, 1.807) is 72.8 Å². The van der Waals surface area contributed by atoms with Crippen molar-refractivity contribution in [2.75, 3.05) is 0 Å². The topological polar surface area (TPSA) is 105 Å². The van der Waals surface area contributed by atoms with Gasteiger partial charge in [-0.1, -0.05) is 162 Å². The number of hydrogen-bond donors (Lipinski definition) is 0. The standard InChI is InChI=1S/C56H58O8/c57-53(61-49-39-31-47(32-40-49)55(59)63-51-35-27-45(28-36-51)43-21-15-13-16-22-43)25-19-11-9-7-5-3-1-2-4-6-8-10-12-20-26-54(58)62-50-41-33-48(34-42-50)56(60)64-52-37-29-46(30-38-52)44-23-17-14-18-24-44/h13-18,21-24,27-42H,1-12,19-20,25-26H2. The summed E-state index contributed by atoms with van der Waals surface area (Å²) >= 11 is 0. The van der Waals surface area contributed by atoms with E-state index in [1.807, 2.05) is 84.9 Å². The van der Waals surface area contributed by atoms with E-state index in [4.69, 9.17) is 18.9 Å². The highest BCUT2D eigenvalue weighted by Gasteiger charge is 2.13. The zero-order valence-electron chi connectivity index (χ0n) is 36.6. The summed E-state index contributed by atoms with van der Waals surface area (Å²) < 4.78 is 22.0. The van der Waals surface area contributed by atoms with Gasteiger partial charge in [-0.25, -0.2) is 9.59 Å². The second-order valence-electron chi connectivity index (χ2n) is 16.0. The van der Waals surface area contributed by atoms with Crippen molar-refractivity contribution in [3.63, 3.8) is 0 Å². The van der Waals surface area contributed by atoms with Crippen LogP contribution in [-0.2, 0) is 9.59 Å². The van der Waals surface area contributed by atoms with Gasteiger partial charge in [-0.3, -0.25) is 9.59 Å². The molecule has 0 aliphatic rings. The smallest absolute Gasteiger partial charge is 0.343 e. The third-order valence-electron chi connectivity index (χ3n) is 11.0. The normalized spacial score (nSPS) is 10.8. The minimum atomic E-state index is -0.473. The maximum Gasteiger partial charge on any atom is 0.343 e. The van der Waals surface area contributed by atoms with Gasteiger partial charge in [0, 0.05) is 12.8 Å². The van der Waals surface area contributed by atoms with E-state index in [9.17, 15) is 19.2 Å². The Morgan fingerprint density at radius 1 is 0.266 bits per heavy atom. The summed E-state index contributed by atoms with van der Waals surface area (Å²) in [6, 6.07) is 47.7. The van der Waals surface area contributed by atoms with Gasteiger partial charge in [-0.15, -0.1) is 0 Å². The van der Waals surface area contributed by atoms with Crippen molar-refractivity contribution in [2.24, 2.45) is 0 Å². The van der Waals surface area contributed by atoms with Crippen LogP contribution in [0.1, 0.15) is 123 Å². The van der Waals surface area contributed by atoms with Gasteiger partial charge in [0.1, 0.15) is 23.0 Å². The lowest BCUT2D eigenvalue weighted by Gasteiger charge is -2.08. The van der Waals surface area contributed by atoms with Crippen molar-refractivity contribution in [1.82, 2.24) is 0 Å². The van der Waals surface area contributed by atoms with E-state index in [1.165, 1.54) is 51.4 Å². The summed E-state index contributed by atoms with van der Waals surface area (Å²) in [6.07, 6.45) is 16.3. The predicted octanol–water partition coefficient (Wildman–Crippen LogP) is 14.2. The minimum absolute atomic E-state index is 0.265. The number of benzene rings is 6. The molecular weight excluding hydrogens is 801 g/mol. The lowest BCUT2D eigenvalue weighted by atomic mass is 10.0. The van der Waals surface area contributed by atoms with Crippen LogP contribution in [0.15, 0.2) is 158 Å². The zero-order chi connectivity index (χ0) is 44.6. The Hall–Kier alpha value is -6.80. The molecule has 0 bridgehead atoms. The van der Waals surface area contributed by atoms with E-state index in [-0.39, 0.29) is 11.9 Å². The maximum atomic E-state index is 12.6. The molecule has 0 heterocycles. The molecule has 0 saturated heterocycles. The number of carbonyl (C=O) groups is 4. The van der Waals surface area contributed by atoms with Crippen LogP contribution < -0.4 is 18.9 Å². The summed E-state index contributed by atoms with van der Waals surface area (Å²) in [7, 11) is 0. The third kappa shape index (κ3) is 16.2. The molecule has 64 heavy (non-hydrogen) atoms. The molecule has 0 radical (unpaired) electrons. The van der Waals surface area contributed by atoms with Gasteiger partial charge < -0.3 is 18.9 Å². The van der Waals surface area contributed by atoms with E-state index in [0.29, 0.717) is 47.0 Å². The van der Waals surface area contributed by atoms with Gasteiger partial charge in [0.15, 0.2) is 0 Å². The molecule has 6 aromatic carbocycles. The first-order valence-electron chi connectivity index (χ1n) is 22.8. The van der Waals surface area contributed by atoms with Gasteiger partial charge in [-0.2, -0.15) is 0 Å². The van der Waals surface area contributed by atoms with Crippen molar-refractivity contribution >= 4 is 23.9 Å². The monoisotopic (exact) mass is 858 g/mol. The molecule has 0 aromatic heterocycles. The molecule has 0 aliphatic carbocycles. The largest absolute Gasteiger partial charge is 0.427 e. The molecule has 6 rings (SSSR count). The fourth-order valence-corrected chi connectivity index (χ4v) is 7.37. The summed E-state index contributed by atoms with van der Waals surface area (Å²) in [5, 5.41) is 0. The molecule has 0 spiro atoms. The Morgan fingerprint density at radius 3 is 0.828 bits per heavy atom. The van der Waals surface area contributed by atoms with E-state index < -0.39 is 11.9 Å². The second-order valence-corrected chi connectivity index (χ2v) is 16.0. The Kier molecular flexibility index (Phi) is 19.0. The van der Waals surface area contributed by atoms with Crippen LogP contribution >= 0.6 is 0 Å². The highest BCUT2D eigenvalue weighted by molar-refractivity contribution is 5.92. The predicted molar refractivity (Wildman–Crippen MR) is 252 cm³/mol. The fourth-order valence-electron chi connectivity index (χ4n) is 7.37. The number of hydrogen-bond acceptors (Lipinski definition) is 8. The van der Waals surface area contributed by atoms with E-state index >= 15 is 0 Å². The Labute approximate surface area is 377 Å². The van der Waals surface area contributed by atoms with Gasteiger partial charge >= 0.3 is 23.9 Å². The first-order chi connectivity index (χ1) is 31.4. The van der Waals surface area contributed by atoms with Gasteiger partial charge in [-0.05, 0) is 108 Å². The van der Waals surface area contributed by atoms with Crippen LogP contribution in [0.25, 0.3) is 22.3 Å². The molecule has 0 fully saturated rings. The lowest BCUT2D eigenvalue weighted by molar-refractivity contribution is -0.135. The number of rotatable bonds is 25. The van der Waals surface area contributed by atoms with Crippen LogP contribution in [0, 0.1) is 0 Å². The Bertz CT molecular complexity index is 2150. The molecule has 0 aliphatic heterocycles. The van der Waals surface area contributed by atoms with Gasteiger partial charge in [0.05, 0.1) is 11.1 Å². The molecule has 8 heteroatoms. The van der Waals surface area contributed by atoms with E-state index in [2.05, 4.69) is 0 Å². The average molecular weight is 859 g/mol. The first kappa shape index (κ1) is 46.7. The Morgan fingerprint density at radius 2 is 0.516 bits per heavy atom. The van der Waals surface area contributed by atoms with Crippen LogP contribution in [-0.4, -0.2) is 23.9 Å². The van der Waals surface area contributed by atoms with Crippen LogP contribution in [0.3, 0.4) is 0 Å². The molecule has 0 saturated carbocycles. The third-order valence-corrected chi connectivity index (χ3v) is 11.0.